The molecular weight excluding hydrogens is 266 g/mol. The van der Waals surface area contributed by atoms with Gasteiger partial charge in [0.15, 0.2) is 0 Å². The Hall–Kier alpha value is -0.410. The molecule has 2 nitrogen and oxygen atoms in total. The summed E-state index contributed by atoms with van der Waals surface area (Å²) in [7, 11) is 0. The molecule has 0 amide bonds. The predicted octanol–water partition coefficient (Wildman–Crippen LogP) is 4.24. The Morgan fingerprint density at radius 3 is 2.62 bits per heavy atom. The summed E-state index contributed by atoms with van der Waals surface area (Å²) in [6, 6.07) is 3.80. The number of aromatic nitrogens is 1. The van der Waals surface area contributed by atoms with Gasteiger partial charge in [-0.2, -0.15) is 0 Å². The summed E-state index contributed by atoms with van der Waals surface area (Å²) in [6.45, 7) is 2.21. The summed E-state index contributed by atoms with van der Waals surface area (Å²) in [5.41, 5.74) is 0.777. The van der Waals surface area contributed by atoms with Crippen molar-refractivity contribution in [2.24, 2.45) is 0 Å². The highest BCUT2D eigenvalue weighted by Crippen LogP contribution is 2.19. The van der Waals surface area contributed by atoms with Gasteiger partial charge in [0.2, 0.25) is 0 Å². The molecular formula is C13H20BrNO. The molecule has 0 aliphatic heterocycles. The Labute approximate surface area is 106 Å². The summed E-state index contributed by atoms with van der Waals surface area (Å²) in [5, 5.41) is 9.89. The van der Waals surface area contributed by atoms with Crippen molar-refractivity contribution in [1.82, 2.24) is 4.98 Å². The third kappa shape index (κ3) is 5.08. The van der Waals surface area contributed by atoms with E-state index in [1.54, 1.807) is 6.20 Å². The molecule has 0 bridgehead atoms. The van der Waals surface area contributed by atoms with Crippen LogP contribution >= 0.6 is 15.9 Å². The van der Waals surface area contributed by atoms with Crippen LogP contribution in [-0.2, 0) is 0 Å². The molecule has 3 heteroatoms. The van der Waals surface area contributed by atoms with E-state index < -0.39 is 6.10 Å². The van der Waals surface area contributed by atoms with Gasteiger partial charge in [0, 0.05) is 10.7 Å². The van der Waals surface area contributed by atoms with Crippen molar-refractivity contribution in [2.45, 2.75) is 51.6 Å². The third-order valence-corrected chi connectivity index (χ3v) is 3.14. The van der Waals surface area contributed by atoms with Crippen molar-refractivity contribution >= 4 is 15.9 Å². The molecule has 0 fully saturated rings. The average Bonchev–Trinajstić information content (AvgIpc) is 2.29. The van der Waals surface area contributed by atoms with Crippen LogP contribution in [0.15, 0.2) is 22.8 Å². The molecule has 1 aromatic rings. The molecule has 1 heterocycles. The molecule has 1 N–H and O–H groups in total. The molecule has 1 aromatic heterocycles. The highest BCUT2D eigenvalue weighted by Gasteiger charge is 2.07. The SMILES string of the molecule is CCCCCCCC(O)c1ccc(Br)cn1. The summed E-state index contributed by atoms with van der Waals surface area (Å²) < 4.78 is 0.950. The van der Waals surface area contributed by atoms with E-state index in [9.17, 15) is 5.11 Å². The zero-order valence-electron chi connectivity index (χ0n) is 9.82. The lowest BCUT2D eigenvalue weighted by atomic mass is 10.1. The molecule has 0 aliphatic rings. The second-order valence-corrected chi connectivity index (χ2v) is 5.04. The summed E-state index contributed by atoms with van der Waals surface area (Å²) in [4.78, 5) is 4.20. The number of nitrogens with zero attached hydrogens (tertiary/aromatic N) is 1. The van der Waals surface area contributed by atoms with Crippen LogP contribution in [0, 0.1) is 0 Å². The van der Waals surface area contributed by atoms with Gasteiger partial charge in [-0.3, -0.25) is 4.98 Å². The first-order chi connectivity index (χ1) is 7.74. The van der Waals surface area contributed by atoms with Gasteiger partial charge in [-0.1, -0.05) is 39.0 Å². The molecule has 0 radical (unpaired) electrons. The smallest absolute Gasteiger partial charge is 0.0959 e. The zero-order valence-corrected chi connectivity index (χ0v) is 11.4. The maximum Gasteiger partial charge on any atom is 0.0959 e. The van der Waals surface area contributed by atoms with Crippen LogP contribution in [0.3, 0.4) is 0 Å². The minimum atomic E-state index is -0.408. The molecule has 1 atom stereocenters. The van der Waals surface area contributed by atoms with E-state index in [0.717, 1.165) is 23.0 Å². The normalized spacial score (nSPS) is 12.7. The lowest BCUT2D eigenvalue weighted by molar-refractivity contribution is 0.158. The second kappa shape index (κ2) is 7.80. The van der Waals surface area contributed by atoms with Crippen molar-refractivity contribution < 1.29 is 5.11 Å². The van der Waals surface area contributed by atoms with Crippen LogP contribution in [0.1, 0.15) is 57.2 Å². The fourth-order valence-electron chi connectivity index (χ4n) is 1.67. The average molecular weight is 286 g/mol. The van der Waals surface area contributed by atoms with Crippen molar-refractivity contribution in [1.29, 1.82) is 0 Å². The Bertz CT molecular complexity index is 286. The van der Waals surface area contributed by atoms with Crippen molar-refractivity contribution in [2.75, 3.05) is 0 Å². The number of halogens is 1. The number of unbranched alkanes of at least 4 members (excludes halogenated alkanes) is 4. The van der Waals surface area contributed by atoms with Crippen LogP contribution < -0.4 is 0 Å². The first-order valence-electron chi connectivity index (χ1n) is 6.03. The Balaban J connectivity index is 2.24. The monoisotopic (exact) mass is 285 g/mol. The van der Waals surface area contributed by atoms with E-state index in [-0.39, 0.29) is 0 Å². The van der Waals surface area contributed by atoms with Crippen LogP contribution in [-0.4, -0.2) is 10.1 Å². The number of pyridine rings is 1. The molecule has 0 aromatic carbocycles. The lowest BCUT2D eigenvalue weighted by Gasteiger charge is -2.09. The maximum atomic E-state index is 9.89. The summed E-state index contributed by atoms with van der Waals surface area (Å²) >= 11 is 3.33. The topological polar surface area (TPSA) is 33.1 Å². The lowest BCUT2D eigenvalue weighted by Crippen LogP contribution is -1.99. The number of hydrogen-bond acceptors (Lipinski definition) is 2. The Morgan fingerprint density at radius 1 is 1.25 bits per heavy atom. The van der Waals surface area contributed by atoms with Crippen LogP contribution in [0.4, 0.5) is 0 Å². The predicted molar refractivity (Wildman–Crippen MR) is 70.3 cm³/mol. The van der Waals surface area contributed by atoms with Gasteiger partial charge in [-0.25, -0.2) is 0 Å². The number of aliphatic hydroxyl groups excluding tert-OH is 1. The van der Waals surface area contributed by atoms with Gasteiger partial charge in [-0.05, 0) is 34.5 Å². The van der Waals surface area contributed by atoms with Gasteiger partial charge in [0.25, 0.3) is 0 Å². The summed E-state index contributed by atoms with van der Waals surface area (Å²) in [5.74, 6) is 0. The van der Waals surface area contributed by atoms with Crippen LogP contribution in [0.25, 0.3) is 0 Å². The van der Waals surface area contributed by atoms with Gasteiger partial charge >= 0.3 is 0 Å². The molecule has 0 saturated heterocycles. The van der Waals surface area contributed by atoms with Gasteiger partial charge in [0.05, 0.1) is 11.8 Å². The quantitative estimate of drug-likeness (QED) is 0.760. The molecule has 0 saturated carbocycles. The highest BCUT2D eigenvalue weighted by molar-refractivity contribution is 9.10. The van der Waals surface area contributed by atoms with E-state index in [1.165, 1.54) is 25.7 Å². The molecule has 0 aliphatic carbocycles. The van der Waals surface area contributed by atoms with Gasteiger partial charge in [0.1, 0.15) is 0 Å². The molecule has 1 rings (SSSR count). The standard InChI is InChI=1S/C13H20BrNO/c1-2-3-4-5-6-7-13(16)12-9-8-11(14)10-15-12/h8-10,13,16H,2-7H2,1H3. The third-order valence-electron chi connectivity index (χ3n) is 2.67. The first kappa shape index (κ1) is 13.7. The second-order valence-electron chi connectivity index (χ2n) is 4.12. The number of rotatable bonds is 7. The minimum absolute atomic E-state index is 0.408. The maximum absolute atomic E-state index is 9.89. The number of aliphatic hydroxyl groups is 1. The fourth-order valence-corrected chi connectivity index (χ4v) is 1.91. The van der Waals surface area contributed by atoms with Gasteiger partial charge in [-0.15, -0.1) is 0 Å². The van der Waals surface area contributed by atoms with Crippen molar-refractivity contribution in [3.63, 3.8) is 0 Å². The largest absolute Gasteiger partial charge is 0.387 e. The fraction of sp³-hybridized carbons (Fsp3) is 0.615. The zero-order chi connectivity index (χ0) is 11.8. The molecule has 16 heavy (non-hydrogen) atoms. The van der Waals surface area contributed by atoms with Crippen LogP contribution in [0.5, 0.6) is 0 Å². The molecule has 1 unspecified atom stereocenters. The Morgan fingerprint density at radius 2 is 2.00 bits per heavy atom. The summed E-state index contributed by atoms with van der Waals surface area (Å²) in [6.07, 6.45) is 8.27. The Kier molecular flexibility index (Phi) is 6.65. The van der Waals surface area contributed by atoms with E-state index in [0.29, 0.717) is 0 Å². The van der Waals surface area contributed by atoms with E-state index >= 15 is 0 Å². The van der Waals surface area contributed by atoms with E-state index in [1.807, 2.05) is 12.1 Å². The minimum Gasteiger partial charge on any atom is -0.387 e. The first-order valence-corrected chi connectivity index (χ1v) is 6.83. The van der Waals surface area contributed by atoms with Crippen LogP contribution in [0.2, 0.25) is 0 Å². The molecule has 0 spiro atoms. The molecule has 90 valence electrons. The van der Waals surface area contributed by atoms with Crippen molar-refractivity contribution in [3.05, 3.63) is 28.5 Å². The van der Waals surface area contributed by atoms with E-state index in [4.69, 9.17) is 0 Å². The number of hydrogen-bond donors (Lipinski definition) is 1. The van der Waals surface area contributed by atoms with Gasteiger partial charge < -0.3 is 5.11 Å². The van der Waals surface area contributed by atoms with Crippen molar-refractivity contribution in [3.8, 4) is 0 Å². The van der Waals surface area contributed by atoms with E-state index in [2.05, 4.69) is 27.8 Å². The highest BCUT2D eigenvalue weighted by atomic mass is 79.9.